The minimum atomic E-state index is -0.435. The normalized spacial score (nSPS) is 13.5. The van der Waals surface area contributed by atoms with E-state index in [1.807, 2.05) is 39.1 Å². The molecule has 94 valence electrons. The number of rotatable bonds is 4. The predicted octanol–water partition coefficient (Wildman–Crippen LogP) is 2.13. The second-order valence-electron chi connectivity index (χ2n) is 5.50. The largest absolute Gasteiger partial charge is 0.321 e. The number of hydrogen-bond donors (Lipinski definition) is 1. The van der Waals surface area contributed by atoms with Crippen molar-refractivity contribution < 1.29 is 4.79 Å². The molecule has 0 bridgehead atoms. The van der Waals surface area contributed by atoms with E-state index in [4.69, 9.17) is 5.73 Å². The van der Waals surface area contributed by atoms with Crippen LogP contribution in [0.25, 0.3) is 0 Å². The van der Waals surface area contributed by atoms with E-state index in [2.05, 4.69) is 11.9 Å². The van der Waals surface area contributed by atoms with Crippen LogP contribution >= 0.6 is 0 Å². The van der Waals surface area contributed by atoms with Gasteiger partial charge < -0.3 is 5.73 Å². The summed E-state index contributed by atoms with van der Waals surface area (Å²) in [6, 6.07) is 3.49. The van der Waals surface area contributed by atoms with Crippen LogP contribution in [0.4, 0.5) is 0 Å². The minimum Gasteiger partial charge on any atom is -0.321 e. The van der Waals surface area contributed by atoms with E-state index in [9.17, 15) is 4.79 Å². The van der Waals surface area contributed by atoms with E-state index >= 15 is 0 Å². The van der Waals surface area contributed by atoms with Crippen LogP contribution in [0.2, 0.25) is 0 Å². The highest BCUT2D eigenvalue weighted by molar-refractivity contribution is 5.86. The number of carbonyl (C=O) groups excluding carboxylic acids is 1. The smallest absolute Gasteiger partial charge is 0.155 e. The van der Waals surface area contributed by atoms with E-state index in [1.54, 1.807) is 0 Å². The molecule has 0 amide bonds. The fraction of sp³-hybridized carbons (Fsp3) is 0.571. The first-order valence-electron chi connectivity index (χ1n) is 6.06. The van der Waals surface area contributed by atoms with Gasteiger partial charge in [0.15, 0.2) is 5.78 Å². The second-order valence-corrected chi connectivity index (χ2v) is 5.50. The lowest BCUT2D eigenvalue weighted by molar-refractivity contribution is -0.121. The highest BCUT2D eigenvalue weighted by Gasteiger charge is 2.27. The third-order valence-electron chi connectivity index (χ3n) is 2.93. The Morgan fingerprint density at radius 2 is 2.06 bits per heavy atom. The molecule has 0 spiro atoms. The molecule has 3 nitrogen and oxygen atoms in total. The van der Waals surface area contributed by atoms with E-state index < -0.39 is 6.04 Å². The average molecular weight is 234 g/mol. The Morgan fingerprint density at radius 1 is 1.41 bits per heavy atom. The van der Waals surface area contributed by atoms with Crippen LogP contribution in [0.1, 0.15) is 39.0 Å². The van der Waals surface area contributed by atoms with Gasteiger partial charge in [0.25, 0.3) is 0 Å². The maximum absolute atomic E-state index is 11.9. The number of carbonyl (C=O) groups is 1. The van der Waals surface area contributed by atoms with E-state index in [0.29, 0.717) is 6.42 Å². The molecule has 1 unspecified atom stereocenters. The fourth-order valence-electron chi connectivity index (χ4n) is 1.54. The zero-order valence-corrected chi connectivity index (χ0v) is 11.2. The SMILES string of the molecule is CCc1ccc(CC(=O)C(N)C(C)(C)C)nc1. The molecular formula is C14H22N2O. The van der Waals surface area contributed by atoms with Crippen molar-refractivity contribution in [1.29, 1.82) is 0 Å². The maximum Gasteiger partial charge on any atom is 0.155 e. The Morgan fingerprint density at radius 3 is 2.47 bits per heavy atom. The third-order valence-corrected chi connectivity index (χ3v) is 2.93. The molecule has 0 aliphatic carbocycles. The Bertz CT molecular complexity index is 376. The molecule has 1 aromatic heterocycles. The van der Waals surface area contributed by atoms with Gasteiger partial charge in [-0.2, -0.15) is 0 Å². The van der Waals surface area contributed by atoms with Gasteiger partial charge in [0.1, 0.15) is 0 Å². The monoisotopic (exact) mass is 234 g/mol. The van der Waals surface area contributed by atoms with Crippen molar-refractivity contribution in [3.05, 3.63) is 29.6 Å². The van der Waals surface area contributed by atoms with Gasteiger partial charge in [0.05, 0.1) is 12.5 Å². The highest BCUT2D eigenvalue weighted by Crippen LogP contribution is 2.19. The van der Waals surface area contributed by atoms with Crippen molar-refractivity contribution in [2.45, 2.75) is 46.6 Å². The van der Waals surface area contributed by atoms with Gasteiger partial charge >= 0.3 is 0 Å². The lowest BCUT2D eigenvalue weighted by Crippen LogP contribution is -2.43. The summed E-state index contributed by atoms with van der Waals surface area (Å²) in [5, 5.41) is 0. The van der Waals surface area contributed by atoms with Crippen molar-refractivity contribution in [1.82, 2.24) is 4.98 Å². The minimum absolute atomic E-state index is 0.0502. The number of Topliss-reactive ketones (excluding diaryl/α,β-unsaturated/α-hetero) is 1. The van der Waals surface area contributed by atoms with Crippen molar-refractivity contribution in [2.75, 3.05) is 0 Å². The first-order valence-corrected chi connectivity index (χ1v) is 6.06. The van der Waals surface area contributed by atoms with Crippen LogP contribution < -0.4 is 5.73 Å². The van der Waals surface area contributed by atoms with Gasteiger partial charge in [-0.15, -0.1) is 0 Å². The van der Waals surface area contributed by atoms with Gasteiger partial charge in [-0.3, -0.25) is 9.78 Å². The van der Waals surface area contributed by atoms with Crippen LogP contribution in [0, 0.1) is 5.41 Å². The van der Waals surface area contributed by atoms with Crippen molar-refractivity contribution in [3.8, 4) is 0 Å². The molecule has 0 radical (unpaired) electrons. The highest BCUT2D eigenvalue weighted by atomic mass is 16.1. The number of pyridine rings is 1. The maximum atomic E-state index is 11.9. The number of aromatic nitrogens is 1. The Kier molecular flexibility index (Phi) is 4.40. The van der Waals surface area contributed by atoms with Crippen molar-refractivity contribution in [2.24, 2.45) is 11.1 Å². The molecule has 0 saturated heterocycles. The molecule has 1 atom stereocenters. The van der Waals surface area contributed by atoms with Crippen molar-refractivity contribution >= 4 is 5.78 Å². The van der Waals surface area contributed by atoms with Crippen LogP contribution in [0.15, 0.2) is 18.3 Å². The molecule has 1 rings (SSSR count). The Hall–Kier alpha value is -1.22. The van der Waals surface area contributed by atoms with Crippen molar-refractivity contribution in [3.63, 3.8) is 0 Å². The number of nitrogens with zero attached hydrogens (tertiary/aromatic N) is 1. The molecule has 0 aliphatic rings. The zero-order valence-electron chi connectivity index (χ0n) is 11.2. The standard InChI is InChI=1S/C14H22N2O/c1-5-10-6-7-11(16-9-10)8-12(17)13(15)14(2,3)4/h6-7,9,13H,5,8,15H2,1-4H3. The zero-order chi connectivity index (χ0) is 13.1. The summed E-state index contributed by atoms with van der Waals surface area (Å²) < 4.78 is 0. The summed E-state index contributed by atoms with van der Waals surface area (Å²) in [6.07, 6.45) is 3.11. The molecule has 0 saturated carbocycles. The molecule has 0 aromatic carbocycles. The number of hydrogen-bond acceptors (Lipinski definition) is 3. The first kappa shape index (κ1) is 13.8. The van der Waals surface area contributed by atoms with Gasteiger partial charge in [0.2, 0.25) is 0 Å². The molecule has 2 N–H and O–H groups in total. The summed E-state index contributed by atoms with van der Waals surface area (Å²) in [7, 11) is 0. The second kappa shape index (κ2) is 5.41. The van der Waals surface area contributed by atoms with Gasteiger partial charge in [-0.25, -0.2) is 0 Å². The van der Waals surface area contributed by atoms with E-state index in [0.717, 1.165) is 12.1 Å². The number of nitrogens with two attached hydrogens (primary N) is 1. The summed E-state index contributed by atoms with van der Waals surface area (Å²) in [5.74, 6) is 0.0502. The first-order chi connectivity index (χ1) is 7.84. The van der Waals surface area contributed by atoms with Crippen LogP contribution in [0.5, 0.6) is 0 Å². The van der Waals surface area contributed by atoms with Gasteiger partial charge in [0, 0.05) is 11.9 Å². The quantitative estimate of drug-likeness (QED) is 0.868. The molecule has 3 heteroatoms. The van der Waals surface area contributed by atoms with Gasteiger partial charge in [-0.1, -0.05) is 33.8 Å². The predicted molar refractivity (Wildman–Crippen MR) is 69.8 cm³/mol. The lowest BCUT2D eigenvalue weighted by Gasteiger charge is -2.25. The molecule has 17 heavy (non-hydrogen) atoms. The summed E-state index contributed by atoms with van der Waals surface area (Å²) in [6.45, 7) is 8.01. The van der Waals surface area contributed by atoms with E-state index in [-0.39, 0.29) is 11.2 Å². The Labute approximate surface area is 103 Å². The average Bonchev–Trinajstić information content (AvgIpc) is 2.27. The summed E-state index contributed by atoms with van der Waals surface area (Å²) in [4.78, 5) is 16.2. The number of aryl methyl sites for hydroxylation is 1. The van der Waals surface area contributed by atoms with Crippen LogP contribution in [-0.4, -0.2) is 16.8 Å². The molecule has 0 aliphatic heterocycles. The molecular weight excluding hydrogens is 212 g/mol. The lowest BCUT2D eigenvalue weighted by atomic mass is 9.83. The Balaban J connectivity index is 2.68. The number of ketones is 1. The van der Waals surface area contributed by atoms with Gasteiger partial charge in [-0.05, 0) is 23.5 Å². The van der Waals surface area contributed by atoms with Crippen LogP contribution in [-0.2, 0) is 17.6 Å². The molecule has 1 aromatic rings. The summed E-state index contributed by atoms with van der Waals surface area (Å²) in [5.41, 5.74) is 7.71. The molecule has 1 heterocycles. The fourth-order valence-corrected chi connectivity index (χ4v) is 1.54. The third kappa shape index (κ3) is 3.93. The van der Waals surface area contributed by atoms with Crippen LogP contribution in [0.3, 0.4) is 0 Å². The van der Waals surface area contributed by atoms with E-state index in [1.165, 1.54) is 5.56 Å². The topological polar surface area (TPSA) is 56.0 Å². The molecule has 0 fully saturated rings. The summed E-state index contributed by atoms with van der Waals surface area (Å²) >= 11 is 0.